The Morgan fingerprint density at radius 1 is 0.627 bits per heavy atom. The molecule has 9 heteroatoms. The van der Waals surface area contributed by atoms with Crippen molar-refractivity contribution in [1.82, 2.24) is 15.5 Å². The molecule has 9 nitrogen and oxygen atoms in total. The van der Waals surface area contributed by atoms with Gasteiger partial charge in [-0.2, -0.15) is 0 Å². The SMILES string of the molecule is O=C(N[C@@H](CO)NC(=O)[C@@H]1Cc2ccccc2CN1C(=O)OCC1c2ccccc2-c2ccccc21)OCC1c2ccccc2-c2ccccc21. The number of fused-ring (bicyclic) bond motifs is 7. The molecule has 0 fully saturated rings. The molecule has 3 N–H and O–H groups in total. The van der Waals surface area contributed by atoms with Gasteiger partial charge in [0, 0.05) is 18.3 Å². The van der Waals surface area contributed by atoms with Crippen LogP contribution in [0.4, 0.5) is 9.59 Å². The molecule has 0 saturated heterocycles. The zero-order valence-electron chi connectivity index (χ0n) is 27.8. The van der Waals surface area contributed by atoms with Crippen molar-refractivity contribution < 1.29 is 29.0 Å². The van der Waals surface area contributed by atoms with Crippen molar-refractivity contribution in [3.63, 3.8) is 0 Å². The maximum absolute atomic E-state index is 13.8. The Hall–Kier alpha value is -5.93. The minimum absolute atomic E-state index is 0.0843. The molecule has 5 aromatic carbocycles. The molecule has 0 aromatic heterocycles. The van der Waals surface area contributed by atoms with E-state index < -0.39 is 36.9 Å². The van der Waals surface area contributed by atoms with Crippen LogP contribution in [0.25, 0.3) is 22.3 Å². The lowest BCUT2D eigenvalue weighted by Crippen LogP contribution is -2.58. The zero-order valence-corrected chi connectivity index (χ0v) is 27.8. The van der Waals surface area contributed by atoms with Crippen molar-refractivity contribution in [3.05, 3.63) is 155 Å². The van der Waals surface area contributed by atoms with E-state index in [-0.39, 0.29) is 38.0 Å². The van der Waals surface area contributed by atoms with Gasteiger partial charge in [0.15, 0.2) is 0 Å². The number of alkyl carbamates (subject to hydrolysis) is 1. The van der Waals surface area contributed by atoms with E-state index in [0.717, 1.165) is 55.6 Å². The fraction of sp³-hybridized carbons (Fsp3) is 0.214. The Morgan fingerprint density at radius 2 is 1.08 bits per heavy atom. The highest BCUT2D eigenvalue weighted by molar-refractivity contribution is 5.87. The van der Waals surface area contributed by atoms with Gasteiger partial charge in [0.1, 0.15) is 25.4 Å². The highest BCUT2D eigenvalue weighted by Gasteiger charge is 2.38. The van der Waals surface area contributed by atoms with E-state index in [9.17, 15) is 19.5 Å². The average Bonchev–Trinajstić information content (AvgIpc) is 3.67. The molecular formula is C42H37N3O6. The van der Waals surface area contributed by atoms with Crippen LogP contribution in [0.5, 0.6) is 0 Å². The van der Waals surface area contributed by atoms with Crippen molar-refractivity contribution in [3.8, 4) is 22.3 Å². The predicted octanol–water partition coefficient (Wildman–Crippen LogP) is 6.34. The van der Waals surface area contributed by atoms with Crippen LogP contribution in [0.1, 0.15) is 45.2 Å². The molecule has 1 aliphatic heterocycles. The number of hydrogen-bond donors (Lipinski definition) is 3. The Morgan fingerprint density at radius 3 is 1.59 bits per heavy atom. The Labute approximate surface area is 295 Å². The molecule has 3 aliphatic rings. The minimum Gasteiger partial charge on any atom is -0.449 e. The van der Waals surface area contributed by atoms with Gasteiger partial charge in [0.05, 0.1) is 13.2 Å². The number of ether oxygens (including phenoxy) is 2. The van der Waals surface area contributed by atoms with Crippen LogP contribution in [0.3, 0.4) is 0 Å². The molecule has 256 valence electrons. The largest absolute Gasteiger partial charge is 0.449 e. The maximum Gasteiger partial charge on any atom is 0.410 e. The third kappa shape index (κ3) is 6.10. The second-order valence-electron chi connectivity index (χ2n) is 13.1. The summed E-state index contributed by atoms with van der Waals surface area (Å²) in [4.78, 5) is 42.1. The maximum atomic E-state index is 13.8. The molecule has 0 radical (unpaired) electrons. The van der Waals surface area contributed by atoms with E-state index in [0.29, 0.717) is 0 Å². The number of nitrogens with one attached hydrogen (secondary N) is 2. The molecule has 51 heavy (non-hydrogen) atoms. The Balaban J connectivity index is 0.936. The van der Waals surface area contributed by atoms with E-state index in [1.165, 1.54) is 4.90 Å². The van der Waals surface area contributed by atoms with Gasteiger partial charge in [-0.15, -0.1) is 0 Å². The van der Waals surface area contributed by atoms with Gasteiger partial charge in [0.2, 0.25) is 5.91 Å². The molecule has 0 unspecified atom stereocenters. The van der Waals surface area contributed by atoms with Gasteiger partial charge in [-0.05, 0) is 55.6 Å². The number of hydrogen-bond acceptors (Lipinski definition) is 6. The molecule has 8 rings (SSSR count). The highest BCUT2D eigenvalue weighted by Crippen LogP contribution is 2.45. The average molecular weight is 680 g/mol. The van der Waals surface area contributed by atoms with Crippen LogP contribution in [-0.4, -0.2) is 60.1 Å². The molecule has 0 bridgehead atoms. The first-order valence-corrected chi connectivity index (χ1v) is 17.2. The summed E-state index contributed by atoms with van der Waals surface area (Å²) in [5.74, 6) is -0.805. The fourth-order valence-corrected chi connectivity index (χ4v) is 7.80. The molecule has 3 amide bonds. The number of rotatable bonds is 8. The third-order valence-corrected chi connectivity index (χ3v) is 10.3. The van der Waals surface area contributed by atoms with E-state index in [1.54, 1.807) is 0 Å². The van der Waals surface area contributed by atoms with Crippen molar-refractivity contribution >= 4 is 18.1 Å². The summed E-state index contributed by atoms with van der Waals surface area (Å²) in [7, 11) is 0. The topological polar surface area (TPSA) is 117 Å². The summed E-state index contributed by atoms with van der Waals surface area (Å²) < 4.78 is 11.6. The second-order valence-corrected chi connectivity index (χ2v) is 13.1. The van der Waals surface area contributed by atoms with Gasteiger partial charge in [-0.1, -0.05) is 121 Å². The smallest absolute Gasteiger partial charge is 0.410 e. The van der Waals surface area contributed by atoms with E-state index in [4.69, 9.17) is 9.47 Å². The van der Waals surface area contributed by atoms with Crippen LogP contribution in [0.15, 0.2) is 121 Å². The predicted molar refractivity (Wildman–Crippen MR) is 192 cm³/mol. The molecule has 1 heterocycles. The van der Waals surface area contributed by atoms with Crippen LogP contribution < -0.4 is 10.6 Å². The number of aliphatic hydroxyl groups is 1. The second kappa shape index (κ2) is 13.8. The molecule has 2 aliphatic carbocycles. The summed E-state index contributed by atoms with van der Waals surface area (Å²) in [5.41, 5.74) is 10.7. The quantitative estimate of drug-likeness (QED) is 0.165. The van der Waals surface area contributed by atoms with Crippen molar-refractivity contribution in [1.29, 1.82) is 0 Å². The number of amides is 3. The lowest BCUT2D eigenvalue weighted by atomic mass is 9.93. The van der Waals surface area contributed by atoms with Crippen LogP contribution in [-0.2, 0) is 27.2 Å². The van der Waals surface area contributed by atoms with E-state index >= 15 is 0 Å². The van der Waals surface area contributed by atoms with Gasteiger partial charge in [-0.3, -0.25) is 15.0 Å². The van der Waals surface area contributed by atoms with Gasteiger partial charge >= 0.3 is 12.2 Å². The highest BCUT2D eigenvalue weighted by atomic mass is 16.6. The number of carbonyl (C=O) groups is 3. The van der Waals surface area contributed by atoms with Crippen molar-refractivity contribution in [2.75, 3.05) is 19.8 Å². The molecule has 5 aromatic rings. The Kier molecular flexibility index (Phi) is 8.71. The zero-order chi connectivity index (χ0) is 34.9. The van der Waals surface area contributed by atoms with Crippen LogP contribution in [0.2, 0.25) is 0 Å². The fourth-order valence-electron chi connectivity index (χ4n) is 7.80. The van der Waals surface area contributed by atoms with Crippen molar-refractivity contribution in [2.45, 2.75) is 37.0 Å². The monoisotopic (exact) mass is 679 g/mol. The first-order chi connectivity index (χ1) is 25.0. The van der Waals surface area contributed by atoms with E-state index in [2.05, 4.69) is 47.0 Å². The van der Waals surface area contributed by atoms with Crippen LogP contribution in [0, 0.1) is 0 Å². The third-order valence-electron chi connectivity index (χ3n) is 10.3. The van der Waals surface area contributed by atoms with E-state index in [1.807, 2.05) is 84.9 Å². The first-order valence-electron chi connectivity index (χ1n) is 17.2. The summed E-state index contributed by atoms with van der Waals surface area (Å²) >= 11 is 0. The molecule has 2 atom stereocenters. The Bertz CT molecular complexity index is 2040. The lowest BCUT2D eigenvalue weighted by Gasteiger charge is -2.36. The summed E-state index contributed by atoms with van der Waals surface area (Å²) in [6.07, 6.45) is -2.29. The standard InChI is InChI=1S/C42H37N3O6/c46-23-39(44-41(48)50-24-36-32-17-7-3-13-28(32)29-14-4-8-18-33(29)36)43-40(47)38-21-26-11-1-2-12-27(26)22-45(38)42(49)51-25-37-34-19-9-5-15-30(34)31-16-6-10-20-35(31)37/h1-20,36-39,46H,21-25H2,(H,43,47)(H,44,48)/t38-,39-/m0/s1. The van der Waals surface area contributed by atoms with Gasteiger partial charge < -0.3 is 19.9 Å². The van der Waals surface area contributed by atoms with Crippen LogP contribution >= 0.6 is 0 Å². The molecule has 0 saturated carbocycles. The lowest BCUT2D eigenvalue weighted by molar-refractivity contribution is -0.127. The van der Waals surface area contributed by atoms with Gasteiger partial charge in [-0.25, -0.2) is 9.59 Å². The summed E-state index contributed by atoms with van der Waals surface area (Å²) in [5, 5.41) is 15.5. The normalized spacial score (nSPS) is 16.2. The molecular weight excluding hydrogens is 642 g/mol. The number of carbonyl (C=O) groups excluding carboxylic acids is 3. The summed E-state index contributed by atoms with van der Waals surface area (Å²) in [6, 6.07) is 39.0. The minimum atomic E-state index is -1.14. The summed E-state index contributed by atoms with van der Waals surface area (Å²) in [6.45, 7) is -0.207. The van der Waals surface area contributed by atoms with Gasteiger partial charge in [0.25, 0.3) is 0 Å². The first kappa shape index (κ1) is 32.3. The number of aliphatic hydroxyl groups excluding tert-OH is 1. The molecule has 0 spiro atoms. The van der Waals surface area contributed by atoms with Crippen molar-refractivity contribution in [2.24, 2.45) is 0 Å². The number of nitrogens with zero attached hydrogens (tertiary/aromatic N) is 1. The number of benzene rings is 5.